The fourth-order valence-electron chi connectivity index (χ4n) is 2.04. The van der Waals surface area contributed by atoms with E-state index in [9.17, 15) is 5.11 Å². The summed E-state index contributed by atoms with van der Waals surface area (Å²) in [5.74, 6) is 0. The van der Waals surface area contributed by atoms with Gasteiger partial charge in [-0.25, -0.2) is 0 Å². The molecule has 2 rings (SSSR count). The van der Waals surface area contributed by atoms with Gasteiger partial charge in [0.25, 0.3) is 0 Å². The summed E-state index contributed by atoms with van der Waals surface area (Å²) in [6.07, 6.45) is -0.361. The van der Waals surface area contributed by atoms with Crippen LogP contribution in [0.15, 0.2) is 44.7 Å². The van der Waals surface area contributed by atoms with Gasteiger partial charge in [0.15, 0.2) is 0 Å². The highest BCUT2D eigenvalue weighted by atomic mass is 79.9. The van der Waals surface area contributed by atoms with Gasteiger partial charge >= 0.3 is 0 Å². The van der Waals surface area contributed by atoms with Crippen LogP contribution in [0.25, 0.3) is 0 Å². The largest absolute Gasteiger partial charge is 0.388 e. The first-order valence-corrected chi connectivity index (χ1v) is 14.1. The molecule has 0 radical (unpaired) electrons. The lowest BCUT2D eigenvalue weighted by Gasteiger charge is -2.21. The van der Waals surface area contributed by atoms with Gasteiger partial charge in [-0.2, -0.15) is 0 Å². The van der Waals surface area contributed by atoms with Crippen molar-refractivity contribution in [3.05, 3.63) is 55.9 Å². The van der Waals surface area contributed by atoms with Crippen molar-refractivity contribution in [2.45, 2.75) is 12.5 Å². The molecule has 136 valence electrons. The van der Waals surface area contributed by atoms with Crippen molar-refractivity contribution in [3.8, 4) is 0 Å². The summed E-state index contributed by atoms with van der Waals surface area (Å²) in [5, 5.41) is 11.0. The third-order valence-electron chi connectivity index (χ3n) is 3.28. The van der Waals surface area contributed by atoms with Gasteiger partial charge in [-0.1, -0.05) is 0 Å². The monoisotopic (exact) mass is 977 g/mol. The van der Waals surface area contributed by atoms with E-state index in [1.165, 1.54) is 0 Å². The van der Waals surface area contributed by atoms with E-state index in [1.54, 1.807) is 0 Å². The number of hydrogen-bond donors (Lipinski definition) is 1. The molecule has 11 heteroatoms. The molecule has 0 aromatic heterocycles. The van der Waals surface area contributed by atoms with Crippen molar-refractivity contribution in [2.24, 2.45) is 0 Å². The second-order valence-corrected chi connectivity index (χ2v) is 12.7. The molecule has 0 spiro atoms. The first kappa shape index (κ1) is 24.5. The summed E-state index contributed by atoms with van der Waals surface area (Å²) >= 11 is 35.6. The molecule has 2 aromatic rings. The molecule has 1 unspecified atom stereocenters. The summed E-state index contributed by atoms with van der Waals surface area (Å²) in [7, 11) is 0. The molecule has 1 atom stereocenters. The number of rotatable bonds is 3. The topological polar surface area (TPSA) is 20.2 Å². The summed E-state index contributed by atoms with van der Waals surface area (Å²) in [6.45, 7) is 0. The molecule has 0 saturated carbocycles. The van der Waals surface area contributed by atoms with Gasteiger partial charge in [-0.05, 0) is 165 Å². The minimum atomic E-state index is -0.753. The van der Waals surface area contributed by atoms with Crippen molar-refractivity contribution in [3.63, 3.8) is 0 Å². The molecule has 0 heterocycles. The lowest BCUT2D eigenvalue weighted by Crippen LogP contribution is -2.07. The number of benzene rings is 2. The van der Waals surface area contributed by atoms with Gasteiger partial charge in [0.05, 0.1) is 6.10 Å². The van der Waals surface area contributed by atoms with Gasteiger partial charge in [-0.3, -0.25) is 0 Å². The maximum atomic E-state index is 11.0. The molecule has 0 aliphatic carbocycles. The normalized spacial score (nSPS) is 12.6. The van der Waals surface area contributed by atoms with E-state index in [4.69, 9.17) is 0 Å². The van der Waals surface area contributed by atoms with E-state index in [-0.39, 0.29) is 0 Å². The maximum absolute atomic E-state index is 11.0. The average Bonchev–Trinajstić information content (AvgIpc) is 2.58. The van der Waals surface area contributed by atoms with E-state index in [0.717, 1.165) is 55.9 Å². The van der Waals surface area contributed by atoms with Crippen molar-refractivity contribution in [1.29, 1.82) is 0 Å². The van der Waals surface area contributed by atoms with Crippen LogP contribution in [0.1, 0.15) is 17.2 Å². The molecule has 0 aliphatic rings. The summed E-state index contributed by atoms with van der Waals surface area (Å²) in [5.41, 5.74) is 1.68. The highest BCUT2D eigenvalue weighted by molar-refractivity contribution is 9.16. The molecule has 0 bridgehead atoms. The van der Waals surface area contributed by atoms with Gasteiger partial charge in [0, 0.05) is 56.7 Å². The van der Waals surface area contributed by atoms with E-state index in [2.05, 4.69) is 159 Å². The zero-order chi connectivity index (χ0) is 19.2. The predicted octanol–water partition coefficient (Wildman–Crippen LogP) is 10.6. The molecule has 1 nitrogen and oxygen atoms in total. The van der Waals surface area contributed by atoms with Gasteiger partial charge in [0.2, 0.25) is 0 Å². The second kappa shape index (κ2) is 10.0. The van der Waals surface area contributed by atoms with Gasteiger partial charge in [-0.15, -0.1) is 0 Å². The van der Waals surface area contributed by atoms with Crippen LogP contribution in [-0.4, -0.2) is 5.11 Å². The average molecular weight is 987 g/mol. The van der Waals surface area contributed by atoms with Crippen molar-refractivity contribution < 1.29 is 5.11 Å². The van der Waals surface area contributed by atoms with Crippen LogP contribution in [0, 0.1) is 0 Å². The van der Waals surface area contributed by atoms with Crippen LogP contribution < -0.4 is 0 Å². The minimum Gasteiger partial charge on any atom is -0.388 e. The van der Waals surface area contributed by atoms with E-state index in [1.807, 2.05) is 0 Å². The van der Waals surface area contributed by atoms with Crippen LogP contribution >= 0.6 is 159 Å². The van der Waals surface area contributed by atoms with Crippen LogP contribution in [0.2, 0.25) is 0 Å². The fraction of sp³-hybridized carbons (Fsp3) is 0.143. The van der Waals surface area contributed by atoms with Crippen LogP contribution in [0.4, 0.5) is 0 Å². The maximum Gasteiger partial charge on any atom is 0.0853 e. The van der Waals surface area contributed by atoms with E-state index < -0.39 is 6.10 Å². The Balaban J connectivity index is 2.58. The summed E-state index contributed by atoms with van der Waals surface area (Å²) < 4.78 is 8.46. The molecule has 0 amide bonds. The Kier molecular flexibility index (Phi) is 9.79. The second-order valence-electron chi connectivity index (χ2n) is 4.75. The van der Waals surface area contributed by atoms with Crippen molar-refractivity contribution in [2.75, 3.05) is 0 Å². The molecule has 1 N–H and O–H groups in total. The molecule has 2 aromatic carbocycles. The minimum absolute atomic E-state index is 0.392. The van der Waals surface area contributed by atoms with Gasteiger partial charge < -0.3 is 5.11 Å². The number of aliphatic hydroxyl groups excluding tert-OH is 1. The van der Waals surface area contributed by atoms with Crippen LogP contribution in [-0.2, 0) is 6.42 Å². The molecule has 0 fully saturated rings. The standard InChI is InChI=1S/C14H4Br10O/c15-5-2(6(16)10(20)13(23)9(5)19)1-3(25)4-7(17)11(21)14(24)12(22)8(4)18/h3,25H,1H2. The number of aliphatic hydroxyl groups is 1. The Labute approximate surface area is 229 Å². The molecule has 25 heavy (non-hydrogen) atoms. The number of hydrogen-bond acceptors (Lipinski definition) is 1. The lowest BCUT2D eigenvalue weighted by atomic mass is 10.0. The Hall–Kier alpha value is 3.20. The highest BCUT2D eigenvalue weighted by Gasteiger charge is 2.26. The molecular weight excluding hydrogens is 983 g/mol. The van der Waals surface area contributed by atoms with E-state index in [0.29, 0.717) is 6.42 Å². The molecule has 0 aliphatic heterocycles. The smallest absolute Gasteiger partial charge is 0.0853 e. The van der Waals surface area contributed by atoms with Crippen LogP contribution in [0.3, 0.4) is 0 Å². The Morgan fingerprint density at radius 2 is 0.760 bits per heavy atom. The zero-order valence-electron chi connectivity index (χ0n) is 11.5. The van der Waals surface area contributed by atoms with Crippen LogP contribution in [0.5, 0.6) is 0 Å². The molecular formula is C14H4Br10O. The SMILES string of the molecule is OC(Cc1c(Br)c(Br)c(Br)c(Br)c1Br)c1c(Br)c(Br)c(Br)c(Br)c1Br. The Morgan fingerprint density at radius 3 is 1.12 bits per heavy atom. The third-order valence-corrected chi connectivity index (χ3v) is 15.7. The Bertz CT molecular complexity index is 806. The zero-order valence-corrected chi connectivity index (χ0v) is 27.4. The summed E-state index contributed by atoms with van der Waals surface area (Å²) in [6, 6.07) is 0. The number of halogens is 10. The predicted molar refractivity (Wildman–Crippen MR) is 139 cm³/mol. The Morgan fingerprint density at radius 1 is 0.480 bits per heavy atom. The van der Waals surface area contributed by atoms with Crippen molar-refractivity contribution in [1.82, 2.24) is 0 Å². The fourth-order valence-corrected chi connectivity index (χ4v) is 9.10. The van der Waals surface area contributed by atoms with Crippen molar-refractivity contribution >= 4 is 159 Å². The molecule has 0 saturated heterocycles. The summed E-state index contributed by atoms with van der Waals surface area (Å²) in [4.78, 5) is 0. The third kappa shape index (κ3) is 4.93. The first-order chi connectivity index (χ1) is 11.5. The van der Waals surface area contributed by atoms with E-state index >= 15 is 0 Å². The quantitative estimate of drug-likeness (QED) is 0.240. The first-order valence-electron chi connectivity index (χ1n) is 6.20. The lowest BCUT2D eigenvalue weighted by molar-refractivity contribution is 0.176. The highest BCUT2D eigenvalue weighted by Crippen LogP contribution is 2.49. The van der Waals surface area contributed by atoms with Gasteiger partial charge in [0.1, 0.15) is 0 Å².